The molecule has 2 aromatic heterocycles. The van der Waals surface area contributed by atoms with Crippen LogP contribution >= 0.6 is 11.6 Å². The van der Waals surface area contributed by atoms with Gasteiger partial charge in [0.15, 0.2) is 11.5 Å². The second-order valence-corrected chi connectivity index (χ2v) is 5.68. The van der Waals surface area contributed by atoms with E-state index in [-0.39, 0.29) is 0 Å². The molecule has 0 aliphatic rings. The Morgan fingerprint density at radius 2 is 2.04 bits per heavy atom. The van der Waals surface area contributed by atoms with Crippen molar-refractivity contribution in [1.29, 1.82) is 0 Å². The van der Waals surface area contributed by atoms with E-state index in [1.807, 2.05) is 42.1 Å². The number of halogens is 1. The minimum atomic E-state index is 0.331. The Hall–Kier alpha value is -2.86. The van der Waals surface area contributed by atoms with Crippen LogP contribution in [0.4, 0.5) is 0 Å². The van der Waals surface area contributed by atoms with Crippen LogP contribution in [0.5, 0.6) is 5.88 Å². The summed E-state index contributed by atoms with van der Waals surface area (Å²) in [7, 11) is 3.42. The zero-order chi connectivity index (χ0) is 17.6. The molecule has 3 rings (SSSR count). The van der Waals surface area contributed by atoms with Crippen molar-refractivity contribution in [1.82, 2.24) is 14.5 Å². The zero-order valence-electron chi connectivity index (χ0n) is 13.9. The Balaban J connectivity index is 1.90. The van der Waals surface area contributed by atoms with E-state index in [1.165, 1.54) is 7.11 Å². The highest BCUT2D eigenvalue weighted by molar-refractivity contribution is 6.30. The van der Waals surface area contributed by atoms with Gasteiger partial charge in [0, 0.05) is 37.3 Å². The SMILES string of the molecule is CO/N=C(\c1ccccc1COc1ccc(Cl)cn1)c1nccn1C. The van der Waals surface area contributed by atoms with Gasteiger partial charge in [-0.05, 0) is 11.6 Å². The molecular weight excluding hydrogens is 340 g/mol. The van der Waals surface area contributed by atoms with Crippen LogP contribution in [0.15, 0.2) is 60.1 Å². The molecule has 7 heteroatoms. The lowest BCUT2D eigenvalue weighted by molar-refractivity contribution is 0.213. The predicted molar refractivity (Wildman–Crippen MR) is 95.9 cm³/mol. The highest BCUT2D eigenvalue weighted by atomic mass is 35.5. The maximum absolute atomic E-state index is 5.85. The average Bonchev–Trinajstić information content (AvgIpc) is 3.05. The number of ether oxygens (including phenoxy) is 1. The van der Waals surface area contributed by atoms with Gasteiger partial charge in [0.25, 0.3) is 0 Å². The number of aromatic nitrogens is 3. The third kappa shape index (κ3) is 3.97. The first-order valence-electron chi connectivity index (χ1n) is 7.60. The van der Waals surface area contributed by atoms with Crippen LogP contribution in [-0.4, -0.2) is 27.4 Å². The fourth-order valence-electron chi connectivity index (χ4n) is 2.37. The Labute approximate surface area is 150 Å². The van der Waals surface area contributed by atoms with E-state index in [0.717, 1.165) is 11.1 Å². The van der Waals surface area contributed by atoms with Crippen molar-refractivity contribution in [2.75, 3.05) is 7.11 Å². The summed E-state index contributed by atoms with van der Waals surface area (Å²) in [6, 6.07) is 11.3. The van der Waals surface area contributed by atoms with Gasteiger partial charge in [-0.15, -0.1) is 0 Å². The third-order valence-electron chi connectivity index (χ3n) is 3.56. The molecule has 0 radical (unpaired) electrons. The number of hydrogen-bond donors (Lipinski definition) is 0. The van der Waals surface area contributed by atoms with E-state index in [2.05, 4.69) is 15.1 Å². The normalized spacial score (nSPS) is 11.4. The first-order valence-corrected chi connectivity index (χ1v) is 7.98. The van der Waals surface area contributed by atoms with Gasteiger partial charge >= 0.3 is 0 Å². The van der Waals surface area contributed by atoms with Gasteiger partial charge < -0.3 is 14.1 Å². The molecule has 0 aliphatic carbocycles. The molecule has 128 valence electrons. The maximum atomic E-state index is 5.85. The molecule has 0 bridgehead atoms. The summed E-state index contributed by atoms with van der Waals surface area (Å²) in [5, 5.41) is 4.74. The van der Waals surface area contributed by atoms with Crippen LogP contribution < -0.4 is 4.74 Å². The molecule has 0 N–H and O–H groups in total. The number of rotatable bonds is 6. The van der Waals surface area contributed by atoms with Crippen LogP contribution in [0.1, 0.15) is 17.0 Å². The number of aryl methyl sites for hydroxylation is 1. The highest BCUT2D eigenvalue weighted by Crippen LogP contribution is 2.18. The zero-order valence-corrected chi connectivity index (χ0v) is 14.6. The summed E-state index contributed by atoms with van der Waals surface area (Å²) < 4.78 is 7.66. The number of imidazole rings is 1. The summed E-state index contributed by atoms with van der Waals surface area (Å²) >= 11 is 5.85. The molecule has 25 heavy (non-hydrogen) atoms. The molecule has 0 saturated carbocycles. The van der Waals surface area contributed by atoms with Crippen LogP contribution in [-0.2, 0) is 18.5 Å². The van der Waals surface area contributed by atoms with Gasteiger partial charge in [-0.2, -0.15) is 0 Å². The molecule has 0 aliphatic heterocycles. The molecule has 0 saturated heterocycles. The molecule has 0 spiro atoms. The van der Waals surface area contributed by atoms with Crippen molar-refractivity contribution in [3.8, 4) is 5.88 Å². The van der Waals surface area contributed by atoms with Crippen molar-refractivity contribution in [3.05, 3.63) is 77.0 Å². The van der Waals surface area contributed by atoms with E-state index in [4.69, 9.17) is 21.2 Å². The lowest BCUT2D eigenvalue weighted by Gasteiger charge is -2.12. The first-order chi connectivity index (χ1) is 12.2. The van der Waals surface area contributed by atoms with Gasteiger partial charge in [-0.1, -0.05) is 41.0 Å². The number of oxime groups is 1. The second kappa shape index (κ2) is 7.81. The fraction of sp³-hybridized carbons (Fsp3) is 0.167. The van der Waals surface area contributed by atoms with E-state index < -0.39 is 0 Å². The summed E-state index contributed by atoms with van der Waals surface area (Å²) in [6.07, 6.45) is 5.13. The average molecular weight is 357 g/mol. The third-order valence-corrected chi connectivity index (χ3v) is 3.79. The second-order valence-electron chi connectivity index (χ2n) is 5.24. The quantitative estimate of drug-likeness (QED) is 0.501. The fourth-order valence-corrected chi connectivity index (χ4v) is 2.48. The Kier molecular flexibility index (Phi) is 5.30. The maximum Gasteiger partial charge on any atom is 0.213 e. The molecular formula is C18H17ClN4O2. The minimum Gasteiger partial charge on any atom is -0.473 e. The molecule has 6 nitrogen and oxygen atoms in total. The summed E-state index contributed by atoms with van der Waals surface area (Å²) in [5.41, 5.74) is 2.46. The molecule has 2 heterocycles. The van der Waals surface area contributed by atoms with Crippen LogP contribution in [0, 0.1) is 0 Å². The molecule has 1 aromatic carbocycles. The van der Waals surface area contributed by atoms with Crippen molar-refractivity contribution in [3.63, 3.8) is 0 Å². The van der Waals surface area contributed by atoms with Crippen LogP contribution in [0.25, 0.3) is 0 Å². The minimum absolute atomic E-state index is 0.331. The van der Waals surface area contributed by atoms with Crippen molar-refractivity contribution >= 4 is 17.3 Å². The highest BCUT2D eigenvalue weighted by Gasteiger charge is 2.16. The predicted octanol–water partition coefficient (Wildman–Crippen LogP) is 3.45. The Morgan fingerprint density at radius 1 is 1.20 bits per heavy atom. The lowest BCUT2D eigenvalue weighted by atomic mass is 10.0. The van der Waals surface area contributed by atoms with Gasteiger partial charge in [0.05, 0.1) is 5.02 Å². The molecule has 3 aromatic rings. The Morgan fingerprint density at radius 3 is 2.72 bits per heavy atom. The number of benzene rings is 1. The van der Waals surface area contributed by atoms with Gasteiger partial charge in [0.2, 0.25) is 5.88 Å². The van der Waals surface area contributed by atoms with Gasteiger partial charge in [0.1, 0.15) is 13.7 Å². The van der Waals surface area contributed by atoms with Crippen molar-refractivity contribution in [2.45, 2.75) is 6.61 Å². The summed E-state index contributed by atoms with van der Waals surface area (Å²) in [4.78, 5) is 13.5. The smallest absolute Gasteiger partial charge is 0.213 e. The molecule has 0 fully saturated rings. The van der Waals surface area contributed by atoms with Gasteiger partial charge in [-0.25, -0.2) is 9.97 Å². The number of nitrogens with zero attached hydrogens (tertiary/aromatic N) is 4. The van der Waals surface area contributed by atoms with Crippen molar-refractivity contribution < 1.29 is 9.57 Å². The Bertz CT molecular complexity index is 875. The van der Waals surface area contributed by atoms with E-state index in [1.54, 1.807) is 24.5 Å². The van der Waals surface area contributed by atoms with E-state index in [9.17, 15) is 0 Å². The van der Waals surface area contributed by atoms with Gasteiger partial charge in [-0.3, -0.25) is 0 Å². The monoisotopic (exact) mass is 356 g/mol. The van der Waals surface area contributed by atoms with Crippen LogP contribution in [0.3, 0.4) is 0 Å². The first kappa shape index (κ1) is 17.0. The number of pyridine rings is 1. The lowest BCUT2D eigenvalue weighted by Crippen LogP contribution is -2.14. The van der Waals surface area contributed by atoms with E-state index >= 15 is 0 Å². The number of hydrogen-bond acceptors (Lipinski definition) is 5. The summed E-state index contributed by atoms with van der Waals surface area (Å²) in [5.74, 6) is 1.21. The topological polar surface area (TPSA) is 61.5 Å². The summed E-state index contributed by atoms with van der Waals surface area (Å²) in [6.45, 7) is 0.331. The largest absolute Gasteiger partial charge is 0.473 e. The van der Waals surface area contributed by atoms with E-state index in [0.29, 0.717) is 29.0 Å². The molecule has 0 amide bonds. The van der Waals surface area contributed by atoms with Crippen molar-refractivity contribution in [2.24, 2.45) is 12.2 Å². The standard InChI is InChI=1S/C18H17ClN4O2/c1-23-10-9-20-18(23)17(22-24-2)15-6-4-3-5-13(15)12-25-16-8-7-14(19)11-21-16/h3-11H,12H2,1-2H3/b22-17+. The van der Waals surface area contributed by atoms with Crippen LogP contribution in [0.2, 0.25) is 5.02 Å². The molecule has 0 unspecified atom stereocenters. The molecule has 0 atom stereocenters.